The van der Waals surface area contributed by atoms with E-state index in [9.17, 15) is 19.8 Å². The molecule has 0 bridgehead atoms. The highest BCUT2D eigenvalue weighted by Gasteiger charge is 2.39. The predicted octanol–water partition coefficient (Wildman–Crippen LogP) is 2.56. The number of nitrogens with one attached hydrogen (secondary N) is 2. The minimum absolute atomic E-state index is 0.0391. The number of fused-ring (bicyclic) bond motifs is 1. The molecule has 0 aliphatic heterocycles. The summed E-state index contributed by atoms with van der Waals surface area (Å²) in [5.74, 6) is -1.81. The average molecular weight is 394 g/mol. The lowest BCUT2D eigenvalue weighted by Gasteiger charge is -2.19. The Morgan fingerprint density at radius 1 is 1.14 bits per heavy atom. The summed E-state index contributed by atoms with van der Waals surface area (Å²) in [6.45, 7) is 1.68. The number of aryl methyl sites for hydroxylation is 1. The van der Waals surface area contributed by atoms with Gasteiger partial charge in [0.05, 0.1) is 12.0 Å². The molecule has 0 spiro atoms. The molecule has 0 saturated heterocycles. The van der Waals surface area contributed by atoms with E-state index in [1.54, 1.807) is 43.3 Å². The van der Waals surface area contributed by atoms with Crippen LogP contribution in [0.3, 0.4) is 0 Å². The third kappa shape index (κ3) is 3.62. The summed E-state index contributed by atoms with van der Waals surface area (Å²) in [5, 5.41) is 32.8. The molecule has 2 aromatic carbocycles. The van der Waals surface area contributed by atoms with E-state index in [-0.39, 0.29) is 18.2 Å². The zero-order chi connectivity index (χ0) is 20.5. The fourth-order valence-corrected chi connectivity index (χ4v) is 3.47. The van der Waals surface area contributed by atoms with Crippen molar-refractivity contribution in [3.8, 4) is 5.75 Å². The molecule has 0 radical (unpaired) electrons. The molecule has 4 N–H and O–H groups in total. The summed E-state index contributed by atoms with van der Waals surface area (Å²) in [4.78, 5) is 24.4. The van der Waals surface area contributed by atoms with E-state index in [0.717, 1.165) is 0 Å². The second-order valence-electron chi connectivity index (χ2n) is 6.77. The van der Waals surface area contributed by atoms with Crippen LogP contribution in [0.1, 0.15) is 33.4 Å². The first-order valence-corrected chi connectivity index (χ1v) is 8.94. The van der Waals surface area contributed by atoms with Gasteiger partial charge in [-0.1, -0.05) is 17.2 Å². The molecule has 0 saturated carbocycles. The fraction of sp³-hybridized carbons (Fsp3) is 0.200. The smallest absolute Gasteiger partial charge is 0.320 e. The molecule has 1 aromatic heterocycles. The molecule has 1 amide bonds. The number of aliphatic carboxylic acids is 1. The Morgan fingerprint density at radius 2 is 1.90 bits per heavy atom. The van der Waals surface area contributed by atoms with Crippen molar-refractivity contribution in [2.75, 3.05) is 5.32 Å². The fourth-order valence-electron chi connectivity index (χ4n) is 3.47. The van der Waals surface area contributed by atoms with Crippen molar-refractivity contribution in [2.45, 2.75) is 19.4 Å². The van der Waals surface area contributed by atoms with Gasteiger partial charge in [-0.15, -0.1) is 5.10 Å². The number of aromatic hydroxyl groups is 1. The molecule has 1 aliphatic carbocycles. The van der Waals surface area contributed by atoms with Crippen molar-refractivity contribution in [3.63, 3.8) is 0 Å². The van der Waals surface area contributed by atoms with Gasteiger partial charge in [0.2, 0.25) is 5.89 Å². The van der Waals surface area contributed by atoms with Gasteiger partial charge in [0.15, 0.2) is 0 Å². The van der Waals surface area contributed by atoms with Gasteiger partial charge in [0.25, 0.3) is 5.91 Å². The molecular formula is C20H18N4O5. The van der Waals surface area contributed by atoms with Crippen LogP contribution < -0.4 is 10.6 Å². The SMILES string of the molecule is Cc1nnc(Nc2ccc(C(=O)N[C@H]3c4cccc(O)c4C[C@@H]3C(=O)O)cc2)o1. The monoisotopic (exact) mass is 394 g/mol. The van der Waals surface area contributed by atoms with Crippen LogP contribution in [-0.2, 0) is 11.2 Å². The lowest BCUT2D eigenvalue weighted by atomic mass is 10.00. The van der Waals surface area contributed by atoms with E-state index in [2.05, 4.69) is 20.8 Å². The lowest BCUT2D eigenvalue weighted by Crippen LogP contribution is -2.34. The summed E-state index contributed by atoms with van der Waals surface area (Å²) in [7, 11) is 0. The van der Waals surface area contributed by atoms with Gasteiger partial charge < -0.3 is 25.3 Å². The topological polar surface area (TPSA) is 138 Å². The highest BCUT2D eigenvalue weighted by atomic mass is 16.4. The number of carboxylic acid groups (broad SMARTS) is 1. The average Bonchev–Trinajstić information content (AvgIpc) is 3.27. The molecule has 2 atom stereocenters. The van der Waals surface area contributed by atoms with Gasteiger partial charge in [-0.3, -0.25) is 9.59 Å². The van der Waals surface area contributed by atoms with Gasteiger partial charge in [-0.05, 0) is 42.3 Å². The van der Waals surface area contributed by atoms with Crippen LogP contribution >= 0.6 is 0 Å². The van der Waals surface area contributed by atoms with Crippen LogP contribution in [-0.4, -0.2) is 32.3 Å². The molecule has 4 rings (SSSR count). The largest absolute Gasteiger partial charge is 0.508 e. The van der Waals surface area contributed by atoms with Gasteiger partial charge in [0, 0.05) is 23.7 Å². The summed E-state index contributed by atoms with van der Waals surface area (Å²) in [5.41, 5.74) is 2.20. The first-order chi connectivity index (χ1) is 13.9. The van der Waals surface area contributed by atoms with Crippen molar-refractivity contribution < 1.29 is 24.2 Å². The Labute approximate surface area is 165 Å². The Balaban J connectivity index is 1.51. The van der Waals surface area contributed by atoms with Crippen LogP contribution in [0, 0.1) is 12.8 Å². The van der Waals surface area contributed by atoms with Crippen LogP contribution in [0.25, 0.3) is 0 Å². The van der Waals surface area contributed by atoms with E-state index < -0.39 is 23.8 Å². The number of phenols is 1. The second kappa shape index (κ2) is 7.27. The number of carboxylic acids is 1. The van der Waals surface area contributed by atoms with Gasteiger partial charge in [-0.2, -0.15) is 0 Å². The molecule has 3 aromatic rings. The Bertz CT molecular complexity index is 1080. The van der Waals surface area contributed by atoms with Crippen molar-refractivity contribution in [2.24, 2.45) is 5.92 Å². The number of amides is 1. The van der Waals surface area contributed by atoms with Crippen molar-refractivity contribution >= 4 is 23.6 Å². The number of carbonyl (C=O) groups excluding carboxylic acids is 1. The van der Waals surface area contributed by atoms with Crippen molar-refractivity contribution in [3.05, 3.63) is 65.0 Å². The molecule has 9 heteroatoms. The number of benzene rings is 2. The number of hydrogen-bond acceptors (Lipinski definition) is 7. The maximum Gasteiger partial charge on any atom is 0.320 e. The zero-order valence-electron chi connectivity index (χ0n) is 15.4. The number of aromatic nitrogens is 2. The predicted molar refractivity (Wildman–Crippen MR) is 102 cm³/mol. The molecule has 1 aliphatic rings. The van der Waals surface area contributed by atoms with Crippen molar-refractivity contribution in [1.82, 2.24) is 15.5 Å². The molecule has 0 fully saturated rings. The number of hydrogen-bond donors (Lipinski definition) is 4. The maximum absolute atomic E-state index is 12.7. The number of phenolic OH excluding ortho intramolecular Hbond substituents is 1. The molecule has 29 heavy (non-hydrogen) atoms. The Kier molecular flexibility index (Phi) is 4.63. The Hall–Kier alpha value is -3.88. The molecule has 148 valence electrons. The standard InChI is InChI=1S/C20H18N4O5/c1-10-23-24-20(29-10)21-12-7-5-11(6-8-12)18(26)22-17-13-3-2-4-16(25)14(13)9-15(17)19(27)28/h2-8,15,17,25H,9H2,1H3,(H,21,24)(H,22,26)(H,27,28)/t15-,17-/m0/s1. The quantitative estimate of drug-likeness (QED) is 0.518. The highest BCUT2D eigenvalue weighted by molar-refractivity contribution is 5.95. The molecule has 0 unspecified atom stereocenters. The minimum Gasteiger partial charge on any atom is -0.508 e. The van der Waals surface area contributed by atoms with E-state index in [4.69, 9.17) is 4.42 Å². The molecule has 1 heterocycles. The van der Waals surface area contributed by atoms with Gasteiger partial charge in [0.1, 0.15) is 5.75 Å². The molecular weight excluding hydrogens is 376 g/mol. The number of nitrogens with zero attached hydrogens (tertiary/aromatic N) is 2. The second-order valence-corrected chi connectivity index (χ2v) is 6.77. The number of rotatable bonds is 5. The number of carbonyl (C=O) groups is 2. The summed E-state index contributed by atoms with van der Waals surface area (Å²) in [6, 6.07) is 11.0. The van der Waals surface area contributed by atoms with E-state index >= 15 is 0 Å². The normalized spacial score (nSPS) is 17.6. The first kappa shape index (κ1) is 18.5. The van der Waals surface area contributed by atoms with E-state index in [0.29, 0.717) is 28.3 Å². The summed E-state index contributed by atoms with van der Waals surface area (Å²) < 4.78 is 5.24. The van der Waals surface area contributed by atoms with Gasteiger partial charge in [-0.25, -0.2) is 0 Å². The van der Waals surface area contributed by atoms with Gasteiger partial charge >= 0.3 is 12.0 Å². The first-order valence-electron chi connectivity index (χ1n) is 8.94. The Morgan fingerprint density at radius 3 is 2.55 bits per heavy atom. The zero-order valence-corrected chi connectivity index (χ0v) is 15.4. The van der Waals surface area contributed by atoms with Crippen LogP contribution in [0.4, 0.5) is 11.7 Å². The van der Waals surface area contributed by atoms with Crippen LogP contribution in [0.5, 0.6) is 5.75 Å². The highest BCUT2D eigenvalue weighted by Crippen LogP contribution is 2.40. The van der Waals surface area contributed by atoms with E-state index in [1.165, 1.54) is 6.07 Å². The van der Waals surface area contributed by atoms with Crippen molar-refractivity contribution in [1.29, 1.82) is 0 Å². The number of anilines is 2. The summed E-state index contributed by atoms with van der Waals surface area (Å²) in [6.07, 6.45) is 0.161. The van der Waals surface area contributed by atoms with E-state index in [1.807, 2.05) is 0 Å². The van der Waals surface area contributed by atoms with Crippen LogP contribution in [0.2, 0.25) is 0 Å². The van der Waals surface area contributed by atoms with Crippen LogP contribution in [0.15, 0.2) is 46.9 Å². The maximum atomic E-state index is 12.7. The lowest BCUT2D eigenvalue weighted by molar-refractivity contribution is -0.142. The molecule has 9 nitrogen and oxygen atoms in total. The third-order valence-corrected chi connectivity index (χ3v) is 4.88. The third-order valence-electron chi connectivity index (χ3n) is 4.88. The summed E-state index contributed by atoms with van der Waals surface area (Å²) >= 11 is 0. The minimum atomic E-state index is -1.03.